The zero-order valence-corrected chi connectivity index (χ0v) is 24.2. The van der Waals surface area contributed by atoms with E-state index in [1.165, 1.54) is 24.7 Å². The zero-order valence-electron chi connectivity index (χ0n) is 23.4. The van der Waals surface area contributed by atoms with Crippen molar-refractivity contribution in [3.05, 3.63) is 64.1 Å². The van der Waals surface area contributed by atoms with E-state index in [1.54, 1.807) is 23.6 Å². The maximum Gasteiger partial charge on any atom is 0.417 e. The maximum absolute atomic E-state index is 15.2. The topological polar surface area (TPSA) is 67.7 Å². The highest BCUT2D eigenvalue weighted by Gasteiger charge is 2.41. The summed E-state index contributed by atoms with van der Waals surface area (Å²) < 4.78 is 80.3. The van der Waals surface area contributed by atoms with Crippen molar-refractivity contribution in [3.63, 3.8) is 0 Å². The molecule has 2 aliphatic rings. The first-order chi connectivity index (χ1) is 19.8. The Balaban J connectivity index is 1.85. The Hall–Kier alpha value is -3.45. The smallest absolute Gasteiger partial charge is 0.383 e. The molecule has 1 fully saturated rings. The van der Waals surface area contributed by atoms with Gasteiger partial charge in [0, 0.05) is 65.5 Å². The summed E-state index contributed by atoms with van der Waals surface area (Å²) in [5, 5.41) is 0.0658. The second kappa shape index (κ2) is 11.0. The van der Waals surface area contributed by atoms with Gasteiger partial charge in [-0.2, -0.15) is 18.2 Å². The number of aromatic nitrogens is 2. The summed E-state index contributed by atoms with van der Waals surface area (Å²) in [4.78, 5) is 33.7. The molecule has 0 N–H and O–H groups in total. The first-order valence-electron chi connectivity index (χ1n) is 13.3. The van der Waals surface area contributed by atoms with Gasteiger partial charge in [-0.15, -0.1) is 11.8 Å². The lowest BCUT2D eigenvalue weighted by atomic mass is 9.94. The van der Waals surface area contributed by atoms with Crippen molar-refractivity contribution in [2.45, 2.75) is 50.0 Å². The van der Waals surface area contributed by atoms with Crippen LogP contribution in [0.2, 0.25) is 0 Å². The van der Waals surface area contributed by atoms with Crippen molar-refractivity contribution in [2.24, 2.45) is 0 Å². The Labute approximate surface area is 242 Å². The third kappa shape index (κ3) is 4.96. The zero-order chi connectivity index (χ0) is 30.7. The van der Waals surface area contributed by atoms with Gasteiger partial charge in [0.1, 0.15) is 17.5 Å². The number of nitrogens with zero attached hydrogens (tertiary/aromatic N) is 4. The molecular weight excluding hydrogens is 579 g/mol. The first kappa shape index (κ1) is 30.0. The average molecular weight is 609 g/mol. The van der Waals surface area contributed by atoms with E-state index in [2.05, 4.69) is 11.6 Å². The van der Waals surface area contributed by atoms with Crippen molar-refractivity contribution in [1.82, 2.24) is 14.5 Å². The van der Waals surface area contributed by atoms with E-state index in [-0.39, 0.29) is 70.6 Å². The molecule has 1 saturated heterocycles. The normalized spacial score (nSPS) is 20.7. The van der Waals surface area contributed by atoms with Gasteiger partial charge in [-0.3, -0.25) is 9.36 Å². The monoisotopic (exact) mass is 608 g/mol. The van der Waals surface area contributed by atoms with Crippen molar-refractivity contribution < 1.29 is 31.5 Å². The number of methoxy groups -OCH3 is 1. The van der Waals surface area contributed by atoms with Gasteiger partial charge in [-0.1, -0.05) is 6.58 Å². The fourth-order valence-electron chi connectivity index (χ4n) is 6.02. The second-order valence-electron chi connectivity index (χ2n) is 10.7. The van der Waals surface area contributed by atoms with E-state index in [1.807, 2.05) is 0 Å². The van der Waals surface area contributed by atoms with Crippen molar-refractivity contribution in [3.8, 4) is 11.1 Å². The van der Waals surface area contributed by atoms with Crippen LogP contribution >= 0.6 is 11.8 Å². The quantitative estimate of drug-likeness (QED) is 0.279. The third-order valence-electron chi connectivity index (χ3n) is 7.76. The Morgan fingerprint density at radius 2 is 1.83 bits per heavy atom. The maximum atomic E-state index is 15.2. The Kier molecular flexibility index (Phi) is 7.86. The molecule has 1 aromatic heterocycles. The summed E-state index contributed by atoms with van der Waals surface area (Å²) in [5.74, 6) is -2.09. The van der Waals surface area contributed by atoms with Crippen LogP contribution in [0.5, 0.6) is 0 Å². The summed E-state index contributed by atoms with van der Waals surface area (Å²) in [6, 6.07) is 1.26. The lowest BCUT2D eigenvalue weighted by molar-refractivity contribution is -0.137. The van der Waals surface area contributed by atoms with E-state index >= 15 is 4.39 Å². The van der Waals surface area contributed by atoms with Crippen molar-refractivity contribution in [1.29, 1.82) is 0 Å². The van der Waals surface area contributed by atoms with Gasteiger partial charge in [0.2, 0.25) is 5.91 Å². The summed E-state index contributed by atoms with van der Waals surface area (Å²) in [6.07, 6.45) is -3.72. The highest BCUT2D eigenvalue weighted by atomic mass is 32.2. The minimum atomic E-state index is -4.92. The molecule has 3 aromatic rings. The molecule has 0 unspecified atom stereocenters. The molecular formula is C29H29F5N4O3S. The van der Waals surface area contributed by atoms with E-state index in [9.17, 15) is 27.2 Å². The molecule has 0 bridgehead atoms. The summed E-state index contributed by atoms with van der Waals surface area (Å²) in [6.45, 7) is 8.99. The molecule has 1 amide bonds. The fourth-order valence-corrected chi connectivity index (χ4v) is 7.34. The summed E-state index contributed by atoms with van der Waals surface area (Å²) >= 11 is 1.06. The SMILES string of the molecule is C=CC(=O)N1[C@H](C)CN(c2nc(=O)n3c4c(c(-c5cc(C)c(F)cc5F)c(C(F)(F)F)cc24)SC[C@@H]3COC)C[C@@H]1C. The van der Waals surface area contributed by atoms with E-state index in [0.717, 1.165) is 23.9 Å². The largest absolute Gasteiger partial charge is 0.417 e. The predicted octanol–water partition coefficient (Wildman–Crippen LogP) is 5.57. The lowest BCUT2D eigenvalue weighted by Gasteiger charge is -2.45. The number of carbonyl (C=O) groups excluding carboxylic acids is 1. The Bertz CT molecular complexity index is 1650. The molecule has 224 valence electrons. The lowest BCUT2D eigenvalue weighted by Crippen LogP contribution is -2.58. The van der Waals surface area contributed by atoms with E-state index in [0.29, 0.717) is 6.07 Å². The number of piperazine rings is 1. The highest BCUT2D eigenvalue weighted by molar-refractivity contribution is 7.99. The Morgan fingerprint density at radius 3 is 2.43 bits per heavy atom. The van der Waals surface area contributed by atoms with Crippen molar-refractivity contribution >= 4 is 34.4 Å². The Morgan fingerprint density at radius 1 is 1.17 bits per heavy atom. The van der Waals surface area contributed by atoms with E-state index < -0.39 is 46.2 Å². The molecule has 2 aliphatic heterocycles. The number of anilines is 1. The molecule has 0 aliphatic carbocycles. The molecule has 13 heteroatoms. The number of hydrogen-bond donors (Lipinski definition) is 0. The van der Waals surface area contributed by atoms with Crippen LogP contribution in [0.15, 0.2) is 40.5 Å². The number of carbonyl (C=O) groups is 1. The molecule has 3 atom stereocenters. The number of amides is 1. The van der Waals surface area contributed by atoms with Crippen LogP contribution < -0.4 is 10.6 Å². The average Bonchev–Trinajstić information content (AvgIpc) is 2.91. The van der Waals surface area contributed by atoms with Gasteiger partial charge in [0.15, 0.2) is 0 Å². The number of rotatable bonds is 5. The standard InChI is InChI=1S/C29H29F5N4O3S/c1-6-23(39)37-15(3)10-36(11-16(37)4)27-19-8-20(29(32,33)34)24(18-7-14(2)21(30)9-22(18)31)26-25(19)38(28(40)35-27)17(12-41-5)13-42-26/h6-9,15-17H,1,10-13H2,2-5H3/t15-,16+,17-/m0/s1. The van der Waals surface area contributed by atoms with Gasteiger partial charge in [-0.25, -0.2) is 13.6 Å². The molecule has 0 spiro atoms. The number of alkyl halides is 3. The molecule has 2 aromatic carbocycles. The molecule has 7 nitrogen and oxygen atoms in total. The molecule has 0 radical (unpaired) electrons. The molecule has 3 heterocycles. The molecule has 0 saturated carbocycles. The minimum Gasteiger partial charge on any atom is -0.383 e. The highest BCUT2D eigenvalue weighted by Crippen LogP contribution is 2.50. The van der Waals surface area contributed by atoms with Crippen molar-refractivity contribution in [2.75, 3.05) is 37.5 Å². The van der Waals surface area contributed by atoms with Gasteiger partial charge in [0.25, 0.3) is 0 Å². The number of aryl methyl sites for hydroxylation is 1. The molecule has 42 heavy (non-hydrogen) atoms. The summed E-state index contributed by atoms with van der Waals surface area (Å²) in [7, 11) is 1.45. The minimum absolute atomic E-state index is 0.0207. The van der Waals surface area contributed by atoms with Gasteiger partial charge in [-0.05, 0) is 44.5 Å². The number of benzene rings is 2. The first-order valence-corrected chi connectivity index (χ1v) is 14.2. The van der Waals surface area contributed by atoms with Gasteiger partial charge < -0.3 is 14.5 Å². The van der Waals surface area contributed by atoms with Crippen LogP contribution in [-0.4, -0.2) is 65.0 Å². The van der Waals surface area contributed by atoms with E-state index in [4.69, 9.17) is 4.74 Å². The second-order valence-corrected chi connectivity index (χ2v) is 11.7. The molecule has 5 rings (SSSR count). The van der Waals surface area contributed by atoms with Gasteiger partial charge in [0.05, 0.1) is 23.7 Å². The number of hydrogen-bond acceptors (Lipinski definition) is 6. The van der Waals surface area contributed by atoms with Crippen LogP contribution in [0.1, 0.15) is 31.0 Å². The number of thioether (sulfide) groups is 1. The van der Waals surface area contributed by atoms with Crippen LogP contribution in [0.25, 0.3) is 22.0 Å². The predicted molar refractivity (Wildman–Crippen MR) is 151 cm³/mol. The van der Waals surface area contributed by atoms with Crippen LogP contribution in [0, 0.1) is 18.6 Å². The van der Waals surface area contributed by atoms with Crippen LogP contribution in [0.3, 0.4) is 0 Å². The van der Waals surface area contributed by atoms with Crippen LogP contribution in [0.4, 0.5) is 27.8 Å². The summed E-state index contributed by atoms with van der Waals surface area (Å²) in [5.41, 5.74) is -2.52. The van der Waals surface area contributed by atoms with Crippen LogP contribution in [-0.2, 0) is 15.7 Å². The fraction of sp³-hybridized carbons (Fsp3) is 0.414. The third-order valence-corrected chi connectivity index (χ3v) is 9.00. The van der Waals surface area contributed by atoms with Gasteiger partial charge >= 0.3 is 11.9 Å². The number of halogens is 5. The number of ether oxygens (including phenoxy) is 1.